The molecule has 5 heterocycles. The fourth-order valence-corrected chi connectivity index (χ4v) is 8.36. The van der Waals surface area contributed by atoms with E-state index in [0.717, 1.165) is 121 Å². The van der Waals surface area contributed by atoms with Gasteiger partial charge in [0.05, 0.1) is 22.8 Å². The number of aromatic amines is 2. The Morgan fingerprint density at radius 3 is 1.13 bits per heavy atom. The van der Waals surface area contributed by atoms with E-state index >= 15 is 0 Å². The van der Waals surface area contributed by atoms with Crippen LogP contribution in [0, 0.1) is 0 Å². The summed E-state index contributed by atoms with van der Waals surface area (Å²) in [5, 5.41) is 8.83. The third kappa shape index (κ3) is 8.81. The lowest BCUT2D eigenvalue weighted by Crippen LogP contribution is -2.07. The molecule has 8 nitrogen and oxygen atoms in total. The fraction of sp³-hybridized carbons (Fsp3) is 0.148. The van der Waals surface area contributed by atoms with E-state index in [1.54, 1.807) is 0 Å². The summed E-state index contributed by atoms with van der Waals surface area (Å²) in [4.78, 5) is 41.9. The molecule has 0 aliphatic carbocycles. The highest BCUT2D eigenvalue weighted by Gasteiger charge is 2.19. The number of hydrogen-bond acceptors (Lipinski definition) is 5. The highest BCUT2D eigenvalue weighted by Crippen LogP contribution is 2.38. The third-order valence-electron chi connectivity index (χ3n) is 11.3. The number of hydrogen-bond donors (Lipinski definition) is 3. The molecule has 0 unspecified atom stereocenters. The van der Waals surface area contributed by atoms with Crippen LogP contribution in [0.15, 0.2) is 140 Å². The smallest absolute Gasteiger partial charge is 0.311 e. The zero-order valence-electron chi connectivity index (χ0n) is 34.3. The van der Waals surface area contributed by atoms with Crippen molar-refractivity contribution in [1.82, 2.24) is 19.9 Å². The summed E-state index contributed by atoms with van der Waals surface area (Å²) in [7, 11) is 0. The van der Waals surface area contributed by atoms with E-state index in [9.17, 15) is 9.59 Å². The first-order chi connectivity index (χ1) is 30.5. The number of carbonyl (C=O) groups is 2. The van der Waals surface area contributed by atoms with Crippen molar-refractivity contribution in [2.45, 2.75) is 51.4 Å². The van der Waals surface area contributed by atoms with Gasteiger partial charge in [-0.2, -0.15) is 0 Å². The van der Waals surface area contributed by atoms with Crippen molar-refractivity contribution in [3.05, 3.63) is 162 Å². The van der Waals surface area contributed by atoms with E-state index in [1.807, 2.05) is 66.7 Å². The molecule has 62 heavy (non-hydrogen) atoms. The topological polar surface area (TPSA) is 121 Å². The van der Waals surface area contributed by atoms with E-state index in [1.165, 1.54) is 0 Å². The summed E-state index contributed by atoms with van der Waals surface area (Å²) in [5.41, 5.74) is 14.9. The maximum atomic E-state index is 12.8. The normalized spacial score (nSPS) is 11.8. The van der Waals surface area contributed by atoms with Crippen molar-refractivity contribution in [1.29, 1.82) is 0 Å². The first-order valence-corrected chi connectivity index (χ1v) is 21.3. The van der Waals surface area contributed by atoms with E-state index in [0.29, 0.717) is 18.6 Å². The van der Waals surface area contributed by atoms with Crippen molar-refractivity contribution in [3.63, 3.8) is 0 Å². The standard InChI is InChI=1S/C54H46N4O4/c59-49(60)22-14-3-1-2-4-15-23-50(61)62-40-26-24-39(25-27-40)54-47-34-32-45(57-47)52(37-18-10-6-11-19-37)43-30-28-41(55-43)51(36-16-8-5-9-17-36)42-29-31-44(56-42)53(38-20-12-7-13-21-38)46-33-35-48(54)58-46/h5-13,16-21,24-35,55,58H,1-4,14-15,22-23H2,(H,59,60). The second kappa shape index (κ2) is 18.4. The number of ether oxygens (including phenoxy) is 1. The first kappa shape index (κ1) is 39.9. The molecule has 8 bridgehead atoms. The second-order valence-corrected chi connectivity index (χ2v) is 15.6. The zero-order valence-corrected chi connectivity index (χ0v) is 34.3. The SMILES string of the molecule is O=C(O)CCCCCCCCC(=O)Oc1ccc(-c2c3nc(c(-c4ccccc4)c4ccc([nH]4)c(-c4ccccc4)c4nc(c(-c5ccccc5)c5ccc2[nH]5)C=C4)C=C3)cc1. The number of unbranched alkanes of at least 4 members (excludes halogenated alkanes) is 5. The van der Waals surface area contributed by atoms with Gasteiger partial charge in [0.15, 0.2) is 0 Å². The molecular weight excluding hydrogens is 769 g/mol. The number of nitrogens with one attached hydrogen (secondary N) is 2. The van der Waals surface area contributed by atoms with Crippen molar-refractivity contribution in [3.8, 4) is 50.3 Å². The number of H-pyrrole nitrogens is 2. The molecule has 8 heteroatoms. The molecule has 0 saturated heterocycles. The van der Waals surface area contributed by atoms with Crippen LogP contribution in [0.1, 0.15) is 74.1 Å². The quantitative estimate of drug-likeness (QED) is 0.0571. The molecule has 3 aromatic heterocycles. The van der Waals surface area contributed by atoms with Gasteiger partial charge < -0.3 is 19.8 Å². The lowest BCUT2D eigenvalue weighted by atomic mass is 10.0. The van der Waals surface area contributed by atoms with Gasteiger partial charge in [-0.05, 0) is 95.8 Å². The molecule has 3 N–H and O–H groups in total. The number of rotatable bonds is 14. The number of nitrogens with zero attached hydrogens (tertiary/aromatic N) is 2. The number of carboxylic acids is 1. The number of aromatic nitrogens is 4. The molecular formula is C54H46N4O4. The Labute approximate surface area is 360 Å². The van der Waals surface area contributed by atoms with E-state index < -0.39 is 5.97 Å². The third-order valence-corrected chi connectivity index (χ3v) is 11.3. The van der Waals surface area contributed by atoms with Gasteiger partial charge in [-0.1, -0.05) is 129 Å². The maximum Gasteiger partial charge on any atom is 0.311 e. The minimum Gasteiger partial charge on any atom is -0.481 e. The number of carbonyl (C=O) groups excluding carboxylic acids is 1. The van der Waals surface area contributed by atoms with Crippen LogP contribution in [-0.4, -0.2) is 37.0 Å². The molecule has 0 fully saturated rings. The average molecular weight is 815 g/mol. The Bertz CT molecular complexity index is 2930. The van der Waals surface area contributed by atoms with Gasteiger partial charge in [-0.25, -0.2) is 9.97 Å². The summed E-state index contributed by atoms with van der Waals surface area (Å²) in [6, 6.07) is 47.2. The summed E-state index contributed by atoms with van der Waals surface area (Å²) in [6.07, 6.45) is 14.1. The Hall–Kier alpha value is -7.58. The predicted octanol–water partition coefficient (Wildman–Crippen LogP) is 13.4. The van der Waals surface area contributed by atoms with Crippen molar-refractivity contribution in [2.75, 3.05) is 0 Å². The van der Waals surface area contributed by atoms with E-state index in [2.05, 4.69) is 107 Å². The molecule has 4 aromatic carbocycles. The number of aliphatic carboxylic acids is 1. The molecule has 0 saturated carbocycles. The average Bonchev–Trinajstić information content (AvgIpc) is 4.15. The van der Waals surface area contributed by atoms with Crippen molar-refractivity contribution >= 4 is 58.3 Å². The number of esters is 1. The number of benzene rings is 4. The van der Waals surface area contributed by atoms with E-state index in [4.69, 9.17) is 19.8 Å². The molecule has 0 spiro atoms. The summed E-state index contributed by atoms with van der Waals surface area (Å²) in [5.74, 6) is -0.538. The monoisotopic (exact) mass is 814 g/mol. The summed E-state index contributed by atoms with van der Waals surface area (Å²) in [6.45, 7) is 0. The Morgan fingerprint density at radius 2 is 0.758 bits per heavy atom. The maximum absolute atomic E-state index is 12.8. The molecule has 9 rings (SSSR count). The molecule has 306 valence electrons. The summed E-state index contributed by atoms with van der Waals surface area (Å²) >= 11 is 0. The van der Waals surface area contributed by atoms with Crippen LogP contribution < -0.4 is 4.74 Å². The van der Waals surface area contributed by atoms with E-state index in [-0.39, 0.29) is 12.4 Å². The molecule has 0 radical (unpaired) electrons. The molecule has 2 aliphatic rings. The van der Waals surface area contributed by atoms with Crippen LogP contribution in [0.5, 0.6) is 5.75 Å². The minimum atomic E-state index is -0.753. The van der Waals surface area contributed by atoms with Crippen LogP contribution in [-0.2, 0) is 9.59 Å². The highest BCUT2D eigenvalue weighted by molar-refractivity contribution is 5.99. The zero-order chi connectivity index (χ0) is 42.3. The van der Waals surface area contributed by atoms with Crippen LogP contribution in [0.4, 0.5) is 0 Å². The second-order valence-electron chi connectivity index (χ2n) is 15.6. The van der Waals surface area contributed by atoms with Crippen molar-refractivity contribution < 1.29 is 19.4 Å². The Morgan fingerprint density at radius 1 is 0.419 bits per heavy atom. The summed E-state index contributed by atoms with van der Waals surface area (Å²) < 4.78 is 5.78. The van der Waals surface area contributed by atoms with Crippen LogP contribution in [0.25, 0.3) is 90.9 Å². The molecule has 0 atom stereocenters. The van der Waals surface area contributed by atoms with Crippen LogP contribution in [0.2, 0.25) is 0 Å². The Balaban J connectivity index is 1.17. The minimum absolute atomic E-state index is 0.209. The van der Waals surface area contributed by atoms with Gasteiger partial charge in [0.25, 0.3) is 0 Å². The molecule has 7 aromatic rings. The largest absolute Gasteiger partial charge is 0.481 e. The van der Waals surface area contributed by atoms with Gasteiger partial charge >= 0.3 is 11.9 Å². The first-order valence-electron chi connectivity index (χ1n) is 21.3. The fourth-order valence-electron chi connectivity index (χ4n) is 8.36. The molecule has 2 aliphatic heterocycles. The van der Waals surface area contributed by atoms with Gasteiger partial charge in [0, 0.05) is 57.2 Å². The lowest BCUT2D eigenvalue weighted by Gasteiger charge is -2.08. The highest BCUT2D eigenvalue weighted by atomic mass is 16.5. The lowest BCUT2D eigenvalue weighted by molar-refractivity contribution is -0.137. The molecule has 0 amide bonds. The Kier molecular flexibility index (Phi) is 11.8. The number of fused-ring (bicyclic) bond motifs is 8. The van der Waals surface area contributed by atoms with Crippen LogP contribution in [0.3, 0.4) is 0 Å². The van der Waals surface area contributed by atoms with Gasteiger partial charge in [0.1, 0.15) is 5.75 Å². The van der Waals surface area contributed by atoms with Gasteiger partial charge in [0.2, 0.25) is 0 Å². The van der Waals surface area contributed by atoms with Gasteiger partial charge in [-0.3, -0.25) is 9.59 Å². The van der Waals surface area contributed by atoms with Crippen molar-refractivity contribution in [2.24, 2.45) is 0 Å². The van der Waals surface area contributed by atoms with Gasteiger partial charge in [-0.15, -0.1) is 0 Å². The van der Waals surface area contributed by atoms with Crippen LogP contribution >= 0.6 is 0 Å². The number of carboxylic acid groups (broad SMARTS) is 1. The predicted molar refractivity (Wildman–Crippen MR) is 251 cm³/mol.